The largest absolute Gasteiger partial charge is 0.359 e. The van der Waals surface area contributed by atoms with E-state index in [0.29, 0.717) is 17.9 Å². The molecule has 0 aliphatic heterocycles. The van der Waals surface area contributed by atoms with Gasteiger partial charge in [0, 0.05) is 6.07 Å². The van der Waals surface area contributed by atoms with E-state index in [1.54, 1.807) is 6.92 Å². The lowest BCUT2D eigenvalue weighted by Crippen LogP contribution is -2.03. The third-order valence-corrected chi connectivity index (χ3v) is 1.63. The summed E-state index contributed by atoms with van der Waals surface area (Å²) in [5, 5.41) is 13.3. The highest BCUT2D eigenvalue weighted by Crippen LogP contribution is 2.17. The molecule has 1 rings (SSSR count). The summed E-state index contributed by atoms with van der Waals surface area (Å²) in [5.41, 5.74) is 0.684. The maximum Gasteiger partial charge on any atom is 0.287 e. The Bertz CT molecular complexity index is 396. The van der Waals surface area contributed by atoms with E-state index < -0.39 is 4.92 Å². The zero-order valence-electron chi connectivity index (χ0n) is 7.65. The highest BCUT2D eigenvalue weighted by Gasteiger charge is 2.08. The Morgan fingerprint density at radius 1 is 1.79 bits per heavy atom. The molecule has 72 valence electrons. The summed E-state index contributed by atoms with van der Waals surface area (Å²) < 4.78 is 0. The van der Waals surface area contributed by atoms with Crippen molar-refractivity contribution in [1.29, 1.82) is 0 Å². The second-order valence-corrected chi connectivity index (χ2v) is 2.67. The summed E-state index contributed by atoms with van der Waals surface area (Å²) in [6, 6.07) is 1.45. The molecule has 0 aliphatic carbocycles. The van der Waals surface area contributed by atoms with Crippen molar-refractivity contribution >= 4 is 11.5 Å². The number of nitro groups is 1. The molecular formula is C9H9N3O2. The molecule has 0 aliphatic rings. The lowest BCUT2D eigenvalue weighted by Gasteiger charge is -2.04. The van der Waals surface area contributed by atoms with Gasteiger partial charge in [-0.25, -0.2) is 4.98 Å². The molecule has 0 saturated carbocycles. The first-order valence-electron chi connectivity index (χ1n) is 3.93. The van der Waals surface area contributed by atoms with Crippen molar-refractivity contribution < 1.29 is 4.92 Å². The first kappa shape index (κ1) is 9.99. The highest BCUT2D eigenvalue weighted by atomic mass is 16.6. The van der Waals surface area contributed by atoms with Gasteiger partial charge < -0.3 is 5.32 Å². The number of nitrogens with zero attached hydrogens (tertiary/aromatic N) is 2. The molecule has 14 heavy (non-hydrogen) atoms. The van der Waals surface area contributed by atoms with Crippen molar-refractivity contribution in [3.63, 3.8) is 0 Å². The normalized spacial score (nSPS) is 9.14. The van der Waals surface area contributed by atoms with Gasteiger partial charge >= 0.3 is 0 Å². The van der Waals surface area contributed by atoms with E-state index in [4.69, 9.17) is 6.42 Å². The monoisotopic (exact) mass is 191 g/mol. The zero-order chi connectivity index (χ0) is 10.6. The summed E-state index contributed by atoms with van der Waals surface area (Å²) in [6.45, 7) is 2.09. The van der Waals surface area contributed by atoms with Crippen molar-refractivity contribution in [3.05, 3.63) is 27.9 Å². The van der Waals surface area contributed by atoms with Crippen molar-refractivity contribution in [1.82, 2.24) is 4.98 Å². The third kappa shape index (κ3) is 2.20. The predicted octanol–water partition coefficient (Wildman–Crippen LogP) is 1.34. The van der Waals surface area contributed by atoms with E-state index in [9.17, 15) is 10.1 Å². The molecule has 0 unspecified atom stereocenters. The Morgan fingerprint density at radius 3 is 3.00 bits per heavy atom. The van der Waals surface area contributed by atoms with Crippen molar-refractivity contribution in [2.45, 2.75) is 6.92 Å². The molecular weight excluding hydrogens is 182 g/mol. The number of hydrogen-bond acceptors (Lipinski definition) is 4. The van der Waals surface area contributed by atoms with Gasteiger partial charge in [-0.15, -0.1) is 6.42 Å². The predicted molar refractivity (Wildman–Crippen MR) is 53.0 cm³/mol. The van der Waals surface area contributed by atoms with Gasteiger partial charge in [-0.1, -0.05) is 5.92 Å². The zero-order valence-corrected chi connectivity index (χ0v) is 7.65. The molecule has 0 fully saturated rings. The molecule has 0 saturated heterocycles. The van der Waals surface area contributed by atoms with Crippen LogP contribution in [0.15, 0.2) is 12.3 Å². The van der Waals surface area contributed by atoms with Gasteiger partial charge in [0.1, 0.15) is 12.0 Å². The number of anilines is 1. The summed E-state index contributed by atoms with van der Waals surface area (Å²) in [5.74, 6) is 2.97. The van der Waals surface area contributed by atoms with Crippen molar-refractivity contribution in [2.75, 3.05) is 11.9 Å². The van der Waals surface area contributed by atoms with Gasteiger partial charge in [0.25, 0.3) is 5.69 Å². The fourth-order valence-electron chi connectivity index (χ4n) is 0.980. The van der Waals surface area contributed by atoms with Crippen LogP contribution >= 0.6 is 0 Å². The molecule has 0 atom stereocenters. The molecule has 5 nitrogen and oxygen atoms in total. The fourth-order valence-corrected chi connectivity index (χ4v) is 0.980. The lowest BCUT2D eigenvalue weighted by molar-refractivity contribution is -0.385. The standard InChI is InChI=1S/C9H9N3O2/c1-3-4-10-9-7(2)5-8(6-11-9)12(13)14/h1,5-6H,4H2,2H3,(H,10,11). The maximum absolute atomic E-state index is 10.4. The van der Waals surface area contributed by atoms with E-state index in [2.05, 4.69) is 16.2 Å². The molecule has 0 bridgehead atoms. The van der Waals surface area contributed by atoms with Gasteiger partial charge in [-0.05, 0) is 12.5 Å². The Labute approximate surface area is 81.3 Å². The second kappa shape index (κ2) is 4.23. The average molecular weight is 191 g/mol. The number of terminal acetylenes is 1. The topological polar surface area (TPSA) is 68.1 Å². The highest BCUT2D eigenvalue weighted by molar-refractivity contribution is 5.48. The molecule has 0 spiro atoms. The summed E-state index contributed by atoms with van der Waals surface area (Å²) in [4.78, 5) is 13.8. The smallest absolute Gasteiger partial charge is 0.287 e. The molecule has 1 aromatic heterocycles. The van der Waals surface area contributed by atoms with E-state index >= 15 is 0 Å². The average Bonchev–Trinajstić information content (AvgIpc) is 2.15. The summed E-state index contributed by atoms with van der Waals surface area (Å²) in [6.07, 6.45) is 6.26. The SMILES string of the molecule is C#CCNc1ncc([N+](=O)[O-])cc1C. The Morgan fingerprint density at radius 2 is 2.50 bits per heavy atom. The van der Waals surface area contributed by atoms with Crippen LogP contribution < -0.4 is 5.32 Å². The quantitative estimate of drug-likeness (QED) is 0.444. The Kier molecular flexibility index (Phi) is 3.02. The van der Waals surface area contributed by atoms with Gasteiger partial charge in [-0.2, -0.15) is 0 Å². The van der Waals surface area contributed by atoms with E-state index in [-0.39, 0.29) is 5.69 Å². The molecule has 1 N–H and O–H groups in total. The van der Waals surface area contributed by atoms with Crippen LogP contribution in [0.5, 0.6) is 0 Å². The number of aryl methyl sites for hydroxylation is 1. The number of aromatic nitrogens is 1. The first-order valence-corrected chi connectivity index (χ1v) is 3.93. The van der Waals surface area contributed by atoms with Gasteiger partial charge in [0.2, 0.25) is 0 Å². The lowest BCUT2D eigenvalue weighted by atomic mass is 10.2. The van der Waals surface area contributed by atoms with Crippen LogP contribution in [0.4, 0.5) is 11.5 Å². The Balaban J connectivity index is 2.91. The minimum absolute atomic E-state index is 0.0197. The maximum atomic E-state index is 10.4. The molecule has 0 aromatic carbocycles. The molecule has 5 heteroatoms. The van der Waals surface area contributed by atoms with Crippen molar-refractivity contribution in [2.24, 2.45) is 0 Å². The minimum Gasteiger partial charge on any atom is -0.359 e. The second-order valence-electron chi connectivity index (χ2n) is 2.67. The van der Waals surface area contributed by atoms with Crippen LogP contribution in [0.3, 0.4) is 0 Å². The van der Waals surface area contributed by atoms with E-state index in [1.807, 2.05) is 0 Å². The van der Waals surface area contributed by atoms with Crippen molar-refractivity contribution in [3.8, 4) is 12.3 Å². The van der Waals surface area contributed by atoms with E-state index in [0.717, 1.165) is 0 Å². The summed E-state index contributed by atoms with van der Waals surface area (Å²) in [7, 11) is 0. The first-order chi connectivity index (χ1) is 6.65. The van der Waals surface area contributed by atoms with Gasteiger partial charge in [0.15, 0.2) is 0 Å². The van der Waals surface area contributed by atoms with Crippen LogP contribution in [0.25, 0.3) is 0 Å². The Hall–Kier alpha value is -2.09. The van der Waals surface area contributed by atoms with Crippen LogP contribution in [0, 0.1) is 29.4 Å². The molecule has 1 aromatic rings. The number of rotatable bonds is 3. The van der Waals surface area contributed by atoms with Crippen LogP contribution in [-0.4, -0.2) is 16.5 Å². The van der Waals surface area contributed by atoms with Gasteiger partial charge in [0.05, 0.1) is 11.5 Å². The van der Waals surface area contributed by atoms with Crippen LogP contribution in [-0.2, 0) is 0 Å². The van der Waals surface area contributed by atoms with Crippen LogP contribution in [0.1, 0.15) is 5.56 Å². The summed E-state index contributed by atoms with van der Waals surface area (Å²) >= 11 is 0. The minimum atomic E-state index is -0.481. The third-order valence-electron chi connectivity index (χ3n) is 1.63. The molecule has 0 amide bonds. The number of hydrogen-bond donors (Lipinski definition) is 1. The molecule has 1 heterocycles. The van der Waals surface area contributed by atoms with E-state index in [1.165, 1.54) is 12.3 Å². The number of nitrogens with one attached hydrogen (secondary N) is 1. The van der Waals surface area contributed by atoms with Gasteiger partial charge in [-0.3, -0.25) is 10.1 Å². The van der Waals surface area contributed by atoms with Crippen LogP contribution in [0.2, 0.25) is 0 Å². The molecule has 0 radical (unpaired) electrons. The number of pyridine rings is 1. The fraction of sp³-hybridized carbons (Fsp3) is 0.222.